The van der Waals surface area contributed by atoms with E-state index >= 15 is 0 Å². The van der Waals surface area contributed by atoms with Crippen molar-refractivity contribution in [3.05, 3.63) is 40.8 Å². The van der Waals surface area contributed by atoms with Crippen LogP contribution in [0.15, 0.2) is 40.1 Å². The van der Waals surface area contributed by atoms with Gasteiger partial charge in [0.15, 0.2) is 5.78 Å². The predicted molar refractivity (Wildman–Crippen MR) is 53.1 cm³/mol. The lowest BCUT2D eigenvalue weighted by atomic mass is 10.1. The summed E-state index contributed by atoms with van der Waals surface area (Å²) in [5, 5.41) is 9.70. The zero-order valence-corrected chi connectivity index (χ0v) is 8.49. The summed E-state index contributed by atoms with van der Waals surface area (Å²) >= 11 is 0. The SMILES string of the molecule is O=C1C(CO)=CS(=O)(=O)c2ccccc21. The molecule has 5 heteroatoms. The Bertz CT molecular complexity index is 555. The Morgan fingerprint density at radius 3 is 2.53 bits per heavy atom. The summed E-state index contributed by atoms with van der Waals surface area (Å²) in [5.41, 5.74) is 0.0396. The van der Waals surface area contributed by atoms with Gasteiger partial charge in [0, 0.05) is 16.5 Å². The minimum absolute atomic E-state index is 0.00667. The van der Waals surface area contributed by atoms with Crippen LogP contribution in [0.2, 0.25) is 0 Å². The highest BCUT2D eigenvalue weighted by molar-refractivity contribution is 7.94. The average Bonchev–Trinajstić information content (AvgIpc) is 2.24. The first-order valence-corrected chi connectivity index (χ1v) is 5.81. The van der Waals surface area contributed by atoms with E-state index in [1.165, 1.54) is 12.1 Å². The second-order valence-corrected chi connectivity index (χ2v) is 4.94. The van der Waals surface area contributed by atoms with Crippen LogP contribution in [0.3, 0.4) is 0 Å². The summed E-state index contributed by atoms with van der Waals surface area (Å²) in [6.45, 7) is -0.563. The van der Waals surface area contributed by atoms with Gasteiger partial charge >= 0.3 is 0 Å². The van der Waals surface area contributed by atoms with Crippen LogP contribution < -0.4 is 0 Å². The zero-order valence-electron chi connectivity index (χ0n) is 7.67. The molecule has 1 aromatic rings. The Balaban J connectivity index is 2.76. The highest BCUT2D eigenvalue weighted by Gasteiger charge is 2.28. The van der Waals surface area contributed by atoms with Crippen molar-refractivity contribution < 1.29 is 18.3 Å². The fourth-order valence-electron chi connectivity index (χ4n) is 1.49. The second-order valence-electron chi connectivity index (χ2n) is 3.17. The van der Waals surface area contributed by atoms with Gasteiger partial charge in [-0.2, -0.15) is 0 Å². The Kier molecular flexibility index (Phi) is 2.21. The van der Waals surface area contributed by atoms with Crippen LogP contribution in [0.5, 0.6) is 0 Å². The molecule has 1 aliphatic heterocycles. The van der Waals surface area contributed by atoms with E-state index in [-0.39, 0.29) is 16.0 Å². The minimum Gasteiger partial charge on any atom is -0.392 e. The van der Waals surface area contributed by atoms with Gasteiger partial charge in [0.25, 0.3) is 0 Å². The molecule has 0 atom stereocenters. The molecule has 1 N–H and O–H groups in total. The quantitative estimate of drug-likeness (QED) is 0.755. The molecule has 1 heterocycles. The fraction of sp³-hybridized carbons (Fsp3) is 0.100. The molecule has 0 amide bonds. The van der Waals surface area contributed by atoms with Gasteiger partial charge in [0.2, 0.25) is 9.84 Å². The molecule has 0 bridgehead atoms. The first-order valence-electron chi connectivity index (χ1n) is 4.26. The smallest absolute Gasteiger partial charge is 0.201 e. The maximum Gasteiger partial charge on any atom is 0.201 e. The van der Waals surface area contributed by atoms with Gasteiger partial charge in [-0.3, -0.25) is 4.79 Å². The molecule has 0 aliphatic carbocycles. The number of carbonyl (C=O) groups excluding carboxylic acids is 1. The fourth-order valence-corrected chi connectivity index (χ4v) is 2.91. The van der Waals surface area contributed by atoms with Gasteiger partial charge in [0.05, 0.1) is 11.5 Å². The van der Waals surface area contributed by atoms with E-state index in [9.17, 15) is 13.2 Å². The molecule has 0 saturated carbocycles. The number of fused-ring (bicyclic) bond motifs is 1. The molecule has 1 aromatic carbocycles. The van der Waals surface area contributed by atoms with Crippen molar-refractivity contribution in [1.82, 2.24) is 0 Å². The van der Waals surface area contributed by atoms with Crippen molar-refractivity contribution in [2.24, 2.45) is 0 Å². The molecule has 1 aliphatic rings. The number of hydrogen-bond acceptors (Lipinski definition) is 4. The van der Waals surface area contributed by atoms with Crippen LogP contribution >= 0.6 is 0 Å². The van der Waals surface area contributed by atoms with Crippen LogP contribution in [0, 0.1) is 0 Å². The maximum atomic E-state index is 11.6. The third kappa shape index (κ3) is 1.49. The summed E-state index contributed by atoms with van der Waals surface area (Å²) in [7, 11) is -3.58. The van der Waals surface area contributed by atoms with Crippen LogP contribution in [0.1, 0.15) is 10.4 Å². The first kappa shape index (κ1) is 10.1. The molecular formula is C10H8O4S. The number of aliphatic hydroxyl groups excluding tert-OH is 1. The zero-order chi connectivity index (χ0) is 11.1. The third-order valence-electron chi connectivity index (χ3n) is 2.20. The predicted octanol–water partition coefficient (Wildman–Crippen LogP) is 0.533. The Hall–Kier alpha value is -1.46. The van der Waals surface area contributed by atoms with Gasteiger partial charge in [-0.25, -0.2) is 8.42 Å². The van der Waals surface area contributed by atoms with Crippen molar-refractivity contribution in [3.63, 3.8) is 0 Å². The van der Waals surface area contributed by atoms with Crippen molar-refractivity contribution in [1.29, 1.82) is 0 Å². The Labute approximate surface area is 86.8 Å². The number of benzene rings is 1. The largest absolute Gasteiger partial charge is 0.392 e. The molecule has 0 radical (unpaired) electrons. The summed E-state index contributed by atoms with van der Waals surface area (Å²) in [6, 6.07) is 5.97. The van der Waals surface area contributed by atoms with E-state index < -0.39 is 22.2 Å². The normalized spacial score (nSPS) is 18.2. The third-order valence-corrected chi connectivity index (χ3v) is 3.76. The van der Waals surface area contributed by atoms with Crippen LogP contribution in [-0.2, 0) is 9.84 Å². The molecular weight excluding hydrogens is 216 g/mol. The van der Waals surface area contributed by atoms with Crippen molar-refractivity contribution in [2.75, 3.05) is 6.61 Å². The molecule has 4 nitrogen and oxygen atoms in total. The van der Waals surface area contributed by atoms with Gasteiger partial charge < -0.3 is 5.11 Å². The summed E-state index contributed by atoms with van der Waals surface area (Å²) in [4.78, 5) is 11.6. The molecule has 78 valence electrons. The lowest BCUT2D eigenvalue weighted by Crippen LogP contribution is -2.18. The standard InChI is InChI=1S/C10H8O4S/c11-5-7-6-15(13,14)9-4-2-1-3-8(9)10(7)12/h1-4,6,11H,5H2. The van der Waals surface area contributed by atoms with Crippen LogP contribution in [-0.4, -0.2) is 25.9 Å². The molecule has 0 aromatic heterocycles. The summed E-state index contributed by atoms with van der Waals surface area (Å²) in [5.74, 6) is -0.428. The van der Waals surface area contributed by atoms with Gasteiger partial charge in [-0.05, 0) is 12.1 Å². The van der Waals surface area contributed by atoms with Crippen LogP contribution in [0.25, 0.3) is 0 Å². The second kappa shape index (κ2) is 3.29. The van der Waals surface area contributed by atoms with E-state index in [0.717, 1.165) is 5.41 Å². The monoisotopic (exact) mass is 224 g/mol. The molecule has 15 heavy (non-hydrogen) atoms. The van der Waals surface area contributed by atoms with E-state index in [2.05, 4.69) is 0 Å². The average molecular weight is 224 g/mol. The van der Waals surface area contributed by atoms with Crippen molar-refractivity contribution in [2.45, 2.75) is 4.90 Å². The number of hydrogen-bond donors (Lipinski definition) is 1. The minimum atomic E-state index is -3.58. The molecule has 2 rings (SSSR count). The Morgan fingerprint density at radius 1 is 1.20 bits per heavy atom. The van der Waals surface area contributed by atoms with Crippen molar-refractivity contribution in [3.8, 4) is 0 Å². The number of carbonyl (C=O) groups is 1. The lowest BCUT2D eigenvalue weighted by molar-refractivity contribution is 0.101. The van der Waals surface area contributed by atoms with Gasteiger partial charge in [-0.15, -0.1) is 0 Å². The number of aliphatic hydroxyl groups is 1. The van der Waals surface area contributed by atoms with E-state index in [4.69, 9.17) is 5.11 Å². The molecule has 0 saturated heterocycles. The number of Topliss-reactive ketones (excluding diaryl/α,β-unsaturated/α-hetero) is 1. The van der Waals surface area contributed by atoms with Crippen molar-refractivity contribution >= 4 is 15.6 Å². The van der Waals surface area contributed by atoms with E-state index in [0.29, 0.717) is 0 Å². The molecule has 0 spiro atoms. The molecule has 0 unspecified atom stereocenters. The first-order chi connectivity index (χ1) is 7.06. The Morgan fingerprint density at radius 2 is 1.87 bits per heavy atom. The number of rotatable bonds is 1. The topological polar surface area (TPSA) is 71.4 Å². The van der Waals surface area contributed by atoms with Crippen LogP contribution in [0.4, 0.5) is 0 Å². The highest BCUT2D eigenvalue weighted by atomic mass is 32.2. The van der Waals surface area contributed by atoms with Gasteiger partial charge in [-0.1, -0.05) is 12.1 Å². The molecule has 0 fully saturated rings. The van der Waals surface area contributed by atoms with E-state index in [1.54, 1.807) is 12.1 Å². The summed E-state index contributed by atoms with van der Waals surface area (Å²) in [6.07, 6.45) is 0. The maximum absolute atomic E-state index is 11.6. The highest BCUT2D eigenvalue weighted by Crippen LogP contribution is 2.26. The lowest BCUT2D eigenvalue weighted by Gasteiger charge is -2.13. The van der Waals surface area contributed by atoms with Gasteiger partial charge in [0.1, 0.15) is 0 Å². The summed E-state index contributed by atoms with van der Waals surface area (Å²) < 4.78 is 23.3. The van der Waals surface area contributed by atoms with E-state index in [1.807, 2.05) is 0 Å². The number of sulfone groups is 1. The number of ketones is 1.